The summed E-state index contributed by atoms with van der Waals surface area (Å²) >= 11 is 0. The minimum absolute atomic E-state index is 0.140. The van der Waals surface area contributed by atoms with Gasteiger partial charge < -0.3 is 14.6 Å². The summed E-state index contributed by atoms with van der Waals surface area (Å²) in [6, 6.07) is 18.1. The molecular formula is C26H24N2O5. The Kier molecular flexibility index (Phi) is 6.40. The molecule has 4 aromatic rings. The number of rotatable bonds is 8. The molecule has 0 unspecified atom stereocenters. The van der Waals surface area contributed by atoms with Gasteiger partial charge in [-0.25, -0.2) is 4.98 Å². The third-order valence-corrected chi connectivity index (χ3v) is 5.44. The van der Waals surface area contributed by atoms with Crippen LogP contribution < -0.4 is 9.47 Å². The number of aromatic nitrogens is 2. The summed E-state index contributed by atoms with van der Waals surface area (Å²) in [7, 11) is 0. The summed E-state index contributed by atoms with van der Waals surface area (Å²) in [6.45, 7) is 4.31. The Morgan fingerprint density at radius 2 is 1.73 bits per heavy atom. The first-order valence-electron chi connectivity index (χ1n) is 10.6. The molecule has 168 valence electrons. The number of carboxylic acids is 1. The number of hydrogen-bond acceptors (Lipinski definition) is 5. The molecule has 1 N–H and O–H groups in total. The van der Waals surface area contributed by atoms with Crippen LogP contribution in [0.3, 0.4) is 0 Å². The third-order valence-electron chi connectivity index (χ3n) is 5.44. The van der Waals surface area contributed by atoms with Crippen LogP contribution in [0.1, 0.15) is 27.2 Å². The number of para-hydroxylation sites is 1. The molecule has 0 bridgehead atoms. The predicted molar refractivity (Wildman–Crippen MR) is 124 cm³/mol. The number of ether oxygens (including phenoxy) is 2. The summed E-state index contributed by atoms with van der Waals surface area (Å²) < 4.78 is 12.9. The highest BCUT2D eigenvalue weighted by Gasteiger charge is 2.22. The molecule has 0 fully saturated rings. The molecule has 0 aliphatic carbocycles. The van der Waals surface area contributed by atoms with E-state index in [0.29, 0.717) is 47.2 Å². The van der Waals surface area contributed by atoms with Crippen LogP contribution >= 0.6 is 0 Å². The number of carboxylic acid groups (broad SMARTS) is 1. The molecule has 2 aromatic carbocycles. The maximum atomic E-state index is 13.5. The van der Waals surface area contributed by atoms with Crippen LogP contribution in [-0.2, 0) is 11.2 Å². The van der Waals surface area contributed by atoms with Gasteiger partial charge in [0.05, 0.1) is 11.9 Å². The van der Waals surface area contributed by atoms with E-state index in [9.17, 15) is 14.7 Å². The van der Waals surface area contributed by atoms with E-state index in [-0.39, 0.29) is 12.3 Å². The maximum Gasteiger partial charge on any atom is 0.307 e. The van der Waals surface area contributed by atoms with Gasteiger partial charge in [0.1, 0.15) is 19.0 Å². The zero-order valence-corrected chi connectivity index (χ0v) is 18.4. The number of aryl methyl sites for hydroxylation is 1. The second-order valence-electron chi connectivity index (χ2n) is 7.63. The van der Waals surface area contributed by atoms with Crippen molar-refractivity contribution in [3.05, 3.63) is 89.2 Å². The minimum atomic E-state index is -0.932. The normalized spacial score (nSPS) is 10.8. The molecule has 0 aliphatic rings. The van der Waals surface area contributed by atoms with Gasteiger partial charge in [-0.1, -0.05) is 24.3 Å². The van der Waals surface area contributed by atoms with Crippen molar-refractivity contribution in [2.45, 2.75) is 20.3 Å². The standard InChI is InChI=1S/C26H24N2O5/c1-17-15-19(32-13-14-33-24-9-5-6-12-27-24)10-11-20(17)26(31)28-18(2)22(16-25(29)30)21-7-3-4-8-23(21)28/h3-12,15H,13-14,16H2,1-2H3,(H,29,30). The van der Waals surface area contributed by atoms with Gasteiger partial charge in [-0.3, -0.25) is 14.2 Å². The van der Waals surface area contributed by atoms with Crippen molar-refractivity contribution in [2.24, 2.45) is 0 Å². The zero-order valence-electron chi connectivity index (χ0n) is 18.4. The van der Waals surface area contributed by atoms with Crippen molar-refractivity contribution in [3.8, 4) is 11.6 Å². The summed E-state index contributed by atoms with van der Waals surface area (Å²) in [6.07, 6.45) is 1.52. The Labute approximate surface area is 191 Å². The number of nitrogens with zero attached hydrogens (tertiary/aromatic N) is 2. The van der Waals surface area contributed by atoms with Crippen LogP contribution in [0.4, 0.5) is 0 Å². The Hall–Kier alpha value is -4.13. The molecule has 0 atom stereocenters. The van der Waals surface area contributed by atoms with Gasteiger partial charge in [0, 0.05) is 28.9 Å². The molecule has 7 nitrogen and oxygen atoms in total. The number of pyridine rings is 1. The van der Waals surface area contributed by atoms with Crippen LogP contribution in [0.2, 0.25) is 0 Å². The van der Waals surface area contributed by atoms with Crippen LogP contribution in [0.25, 0.3) is 10.9 Å². The highest BCUT2D eigenvalue weighted by atomic mass is 16.5. The van der Waals surface area contributed by atoms with Gasteiger partial charge in [0.15, 0.2) is 0 Å². The number of aliphatic carboxylic acids is 1. The van der Waals surface area contributed by atoms with Crippen molar-refractivity contribution in [1.82, 2.24) is 9.55 Å². The van der Waals surface area contributed by atoms with Crippen LogP contribution in [-0.4, -0.2) is 39.7 Å². The molecule has 0 saturated carbocycles. The van der Waals surface area contributed by atoms with E-state index in [2.05, 4.69) is 4.98 Å². The molecule has 33 heavy (non-hydrogen) atoms. The molecule has 0 amide bonds. The zero-order chi connectivity index (χ0) is 23.4. The lowest BCUT2D eigenvalue weighted by Gasteiger charge is -2.12. The van der Waals surface area contributed by atoms with Crippen LogP contribution in [0.15, 0.2) is 66.9 Å². The molecule has 4 rings (SSSR count). The lowest BCUT2D eigenvalue weighted by atomic mass is 10.1. The van der Waals surface area contributed by atoms with E-state index in [1.165, 1.54) is 0 Å². The van der Waals surface area contributed by atoms with Gasteiger partial charge in [0.2, 0.25) is 5.88 Å². The molecule has 0 radical (unpaired) electrons. The Bertz CT molecular complexity index is 1310. The lowest BCUT2D eigenvalue weighted by Crippen LogP contribution is -2.16. The number of carbonyl (C=O) groups is 2. The average molecular weight is 444 g/mol. The van der Waals surface area contributed by atoms with Gasteiger partial charge >= 0.3 is 5.97 Å². The average Bonchev–Trinajstić information content (AvgIpc) is 3.08. The summed E-state index contributed by atoms with van der Waals surface area (Å²) in [5, 5.41) is 10.1. The van der Waals surface area contributed by atoms with Crippen molar-refractivity contribution in [2.75, 3.05) is 13.2 Å². The van der Waals surface area contributed by atoms with E-state index in [1.807, 2.05) is 49.4 Å². The van der Waals surface area contributed by atoms with Gasteiger partial charge in [-0.15, -0.1) is 0 Å². The summed E-state index contributed by atoms with van der Waals surface area (Å²) in [4.78, 5) is 28.9. The SMILES string of the molecule is Cc1cc(OCCOc2ccccn2)ccc1C(=O)n1c(C)c(CC(=O)O)c2ccccc21. The maximum absolute atomic E-state index is 13.5. The summed E-state index contributed by atoms with van der Waals surface area (Å²) in [5.41, 5.74) is 3.27. The predicted octanol–water partition coefficient (Wildman–Crippen LogP) is 4.43. The second kappa shape index (κ2) is 9.56. The molecular weight excluding hydrogens is 420 g/mol. The van der Waals surface area contributed by atoms with Crippen LogP contribution in [0, 0.1) is 13.8 Å². The first-order valence-corrected chi connectivity index (χ1v) is 10.6. The Morgan fingerprint density at radius 3 is 2.45 bits per heavy atom. The lowest BCUT2D eigenvalue weighted by molar-refractivity contribution is -0.136. The van der Waals surface area contributed by atoms with E-state index < -0.39 is 5.97 Å². The number of benzene rings is 2. The third kappa shape index (κ3) is 4.72. The number of hydrogen-bond donors (Lipinski definition) is 1. The monoisotopic (exact) mass is 444 g/mol. The highest BCUT2D eigenvalue weighted by molar-refractivity contribution is 6.05. The second-order valence-corrected chi connectivity index (χ2v) is 7.63. The Balaban J connectivity index is 1.53. The molecule has 7 heteroatoms. The first kappa shape index (κ1) is 22.1. The van der Waals surface area contributed by atoms with Crippen molar-refractivity contribution in [1.29, 1.82) is 0 Å². The van der Waals surface area contributed by atoms with E-state index in [1.54, 1.807) is 35.9 Å². The fourth-order valence-corrected chi connectivity index (χ4v) is 3.90. The first-order chi connectivity index (χ1) is 16.0. The molecule has 0 saturated heterocycles. The Morgan fingerprint density at radius 1 is 0.970 bits per heavy atom. The molecule has 2 aromatic heterocycles. The quantitative estimate of drug-likeness (QED) is 0.405. The number of fused-ring (bicyclic) bond motifs is 1. The van der Waals surface area contributed by atoms with Gasteiger partial charge in [-0.2, -0.15) is 0 Å². The van der Waals surface area contributed by atoms with E-state index >= 15 is 0 Å². The fraction of sp³-hybridized carbons (Fsp3) is 0.192. The molecule has 2 heterocycles. The molecule has 0 aliphatic heterocycles. The van der Waals surface area contributed by atoms with Crippen LogP contribution in [0.5, 0.6) is 11.6 Å². The summed E-state index contributed by atoms with van der Waals surface area (Å²) in [5.74, 6) is 0.0326. The topological polar surface area (TPSA) is 90.7 Å². The molecule has 0 spiro atoms. The van der Waals surface area contributed by atoms with Crippen molar-refractivity contribution in [3.63, 3.8) is 0 Å². The fourth-order valence-electron chi connectivity index (χ4n) is 3.90. The smallest absolute Gasteiger partial charge is 0.307 e. The van der Waals surface area contributed by atoms with Gasteiger partial charge in [-0.05, 0) is 55.3 Å². The largest absolute Gasteiger partial charge is 0.490 e. The minimum Gasteiger partial charge on any atom is -0.490 e. The van der Waals surface area contributed by atoms with Crippen molar-refractivity contribution >= 4 is 22.8 Å². The van der Waals surface area contributed by atoms with E-state index in [0.717, 1.165) is 10.9 Å². The highest BCUT2D eigenvalue weighted by Crippen LogP contribution is 2.28. The van der Waals surface area contributed by atoms with Gasteiger partial charge in [0.25, 0.3) is 5.91 Å². The van der Waals surface area contributed by atoms with E-state index in [4.69, 9.17) is 9.47 Å². The number of carbonyl (C=O) groups excluding carboxylic acids is 1. The van der Waals surface area contributed by atoms with Crippen molar-refractivity contribution < 1.29 is 24.2 Å².